The van der Waals surface area contributed by atoms with Crippen molar-refractivity contribution in [3.05, 3.63) is 94.9 Å². The summed E-state index contributed by atoms with van der Waals surface area (Å²) in [4.78, 5) is 30.3. The Labute approximate surface area is 192 Å². The molecule has 0 spiro atoms. The Hall–Kier alpha value is -3.68. The largest absolute Gasteiger partial charge is 0.479 e. The molecule has 2 aromatic carbocycles. The number of carbonyl (C=O) groups excluding carboxylic acids is 1. The molecule has 0 saturated heterocycles. The van der Waals surface area contributed by atoms with Gasteiger partial charge in [-0.2, -0.15) is 0 Å². The first-order valence-corrected chi connectivity index (χ1v) is 10.0. The molecule has 4 rings (SSSR count). The Morgan fingerprint density at radius 3 is 2.56 bits per heavy atom. The summed E-state index contributed by atoms with van der Waals surface area (Å²) < 4.78 is 10.9. The fourth-order valence-electron chi connectivity index (χ4n) is 2.97. The van der Waals surface area contributed by atoms with Gasteiger partial charge >= 0.3 is 11.9 Å². The van der Waals surface area contributed by atoms with Gasteiger partial charge in [-0.3, -0.25) is 4.98 Å². The maximum Gasteiger partial charge on any atom is 0.363 e. The molecule has 0 aliphatic carbocycles. The molecule has 3 aromatic rings. The predicted octanol–water partition coefficient (Wildman–Crippen LogP) is 5.04. The Bertz CT molecular complexity index is 1260. The summed E-state index contributed by atoms with van der Waals surface area (Å²) in [5.74, 6) is -1.73. The lowest BCUT2D eigenvalue weighted by Gasteiger charge is -2.20. The standard InChI is InChI=1S/C23H14Cl2N2O5/c24-16-11-18(13-26-12-16)31-17-8-4-5-14(9-17)10-19-20(28)32-21(27-19)23(25,22(29)30)15-6-2-1-3-7-15/h1-13H,(H,29,30). The minimum absolute atomic E-state index is 0.0937. The Balaban J connectivity index is 1.65. The molecule has 160 valence electrons. The molecule has 0 amide bonds. The van der Waals surface area contributed by atoms with Crippen LogP contribution in [-0.2, 0) is 19.2 Å². The van der Waals surface area contributed by atoms with Crippen LogP contribution in [0.15, 0.2) is 83.7 Å². The Morgan fingerprint density at radius 1 is 1.06 bits per heavy atom. The van der Waals surface area contributed by atoms with E-state index in [2.05, 4.69) is 9.98 Å². The molecule has 9 heteroatoms. The molecule has 0 fully saturated rings. The van der Waals surface area contributed by atoms with E-state index in [1.54, 1.807) is 48.5 Å². The summed E-state index contributed by atoms with van der Waals surface area (Å²) in [5.41, 5.74) is 0.695. The van der Waals surface area contributed by atoms with Gasteiger partial charge in [0.1, 0.15) is 11.5 Å². The van der Waals surface area contributed by atoms with Gasteiger partial charge in [0.05, 0.1) is 11.2 Å². The van der Waals surface area contributed by atoms with Crippen LogP contribution >= 0.6 is 23.2 Å². The summed E-state index contributed by atoms with van der Waals surface area (Å²) in [6.07, 6.45) is 4.44. The second-order valence-electron chi connectivity index (χ2n) is 6.68. The lowest BCUT2D eigenvalue weighted by atomic mass is 9.98. The lowest BCUT2D eigenvalue weighted by molar-refractivity contribution is -0.139. The van der Waals surface area contributed by atoms with Crippen LogP contribution < -0.4 is 4.74 Å². The number of pyridine rings is 1. The summed E-state index contributed by atoms with van der Waals surface area (Å²) in [5, 5.41) is 10.2. The van der Waals surface area contributed by atoms with Crippen molar-refractivity contribution < 1.29 is 24.2 Å². The molecule has 0 radical (unpaired) electrons. The number of benzene rings is 2. The van der Waals surface area contributed by atoms with Crippen LogP contribution in [0.3, 0.4) is 0 Å². The van der Waals surface area contributed by atoms with E-state index in [4.69, 9.17) is 32.7 Å². The normalized spacial score (nSPS) is 16.2. The molecular weight excluding hydrogens is 455 g/mol. The molecular formula is C23H14Cl2N2O5. The molecule has 7 nitrogen and oxygen atoms in total. The molecule has 0 saturated carbocycles. The number of aliphatic imine (C=N–C) groups is 1. The molecule has 2 heterocycles. The number of aromatic nitrogens is 1. The number of carboxylic acids is 1. The van der Waals surface area contributed by atoms with Crippen molar-refractivity contribution >= 4 is 47.1 Å². The summed E-state index contributed by atoms with van der Waals surface area (Å²) >= 11 is 12.3. The van der Waals surface area contributed by atoms with Crippen molar-refractivity contribution in [1.29, 1.82) is 0 Å². The first-order valence-electron chi connectivity index (χ1n) is 9.25. The number of hydrogen-bond donors (Lipinski definition) is 1. The van der Waals surface area contributed by atoms with Crippen molar-refractivity contribution in [1.82, 2.24) is 4.98 Å². The van der Waals surface area contributed by atoms with E-state index in [1.807, 2.05) is 0 Å². The molecule has 0 bridgehead atoms. The molecule has 1 aromatic heterocycles. The van der Waals surface area contributed by atoms with Crippen LogP contribution in [0, 0.1) is 0 Å². The number of carboxylic acid groups (broad SMARTS) is 1. The van der Waals surface area contributed by atoms with Gasteiger partial charge in [0.15, 0.2) is 5.70 Å². The monoisotopic (exact) mass is 468 g/mol. The number of esters is 1. The molecule has 1 aliphatic rings. The minimum Gasteiger partial charge on any atom is -0.479 e. The molecule has 32 heavy (non-hydrogen) atoms. The van der Waals surface area contributed by atoms with E-state index in [0.29, 0.717) is 22.1 Å². The van der Waals surface area contributed by atoms with Gasteiger partial charge in [0.2, 0.25) is 10.8 Å². The fraction of sp³-hybridized carbons (Fsp3) is 0.0435. The van der Waals surface area contributed by atoms with Crippen LogP contribution in [0.4, 0.5) is 0 Å². The number of cyclic esters (lactones) is 1. The van der Waals surface area contributed by atoms with E-state index < -0.39 is 22.7 Å². The first kappa shape index (κ1) is 21.5. The van der Waals surface area contributed by atoms with E-state index in [9.17, 15) is 14.7 Å². The summed E-state index contributed by atoms with van der Waals surface area (Å²) in [6.45, 7) is 0. The first-order chi connectivity index (χ1) is 15.4. The highest BCUT2D eigenvalue weighted by Crippen LogP contribution is 2.35. The molecule has 1 atom stereocenters. The zero-order chi connectivity index (χ0) is 22.7. The van der Waals surface area contributed by atoms with Gasteiger partial charge in [0, 0.05) is 12.3 Å². The zero-order valence-electron chi connectivity index (χ0n) is 16.2. The van der Waals surface area contributed by atoms with Crippen molar-refractivity contribution in [3.8, 4) is 11.5 Å². The van der Waals surface area contributed by atoms with Crippen LogP contribution in [0.1, 0.15) is 11.1 Å². The fourth-order valence-corrected chi connectivity index (χ4v) is 3.34. The molecule has 1 N–H and O–H groups in total. The Kier molecular flexibility index (Phi) is 5.94. The van der Waals surface area contributed by atoms with E-state index in [-0.39, 0.29) is 11.3 Å². The second kappa shape index (κ2) is 8.82. The van der Waals surface area contributed by atoms with E-state index in [1.165, 1.54) is 30.6 Å². The third-order valence-electron chi connectivity index (χ3n) is 4.46. The number of nitrogens with zero attached hydrogens (tertiary/aromatic N) is 2. The number of hydrogen-bond acceptors (Lipinski definition) is 6. The van der Waals surface area contributed by atoms with Gasteiger partial charge in [0.25, 0.3) is 0 Å². The van der Waals surface area contributed by atoms with E-state index >= 15 is 0 Å². The highest BCUT2D eigenvalue weighted by atomic mass is 35.5. The van der Waals surface area contributed by atoms with Gasteiger partial charge in [-0.15, -0.1) is 0 Å². The number of ether oxygens (including phenoxy) is 2. The van der Waals surface area contributed by atoms with Crippen LogP contribution in [0.2, 0.25) is 5.02 Å². The third kappa shape index (κ3) is 4.34. The van der Waals surface area contributed by atoms with Crippen molar-refractivity contribution in [2.24, 2.45) is 4.99 Å². The molecule has 1 aliphatic heterocycles. The van der Waals surface area contributed by atoms with Crippen LogP contribution in [-0.4, -0.2) is 27.9 Å². The van der Waals surface area contributed by atoms with Crippen LogP contribution in [0.25, 0.3) is 6.08 Å². The Morgan fingerprint density at radius 2 is 1.84 bits per heavy atom. The predicted molar refractivity (Wildman–Crippen MR) is 119 cm³/mol. The van der Waals surface area contributed by atoms with Crippen LogP contribution in [0.5, 0.6) is 11.5 Å². The highest BCUT2D eigenvalue weighted by molar-refractivity contribution is 6.46. The number of carbonyl (C=O) groups is 2. The maximum absolute atomic E-state index is 12.4. The smallest absolute Gasteiger partial charge is 0.363 e. The van der Waals surface area contributed by atoms with Crippen molar-refractivity contribution in [2.45, 2.75) is 4.87 Å². The number of alkyl halides is 1. The maximum atomic E-state index is 12.4. The third-order valence-corrected chi connectivity index (χ3v) is 5.21. The van der Waals surface area contributed by atoms with E-state index in [0.717, 1.165) is 0 Å². The van der Waals surface area contributed by atoms with Gasteiger partial charge in [-0.1, -0.05) is 65.7 Å². The number of aliphatic carboxylic acids is 1. The number of rotatable bonds is 6. The van der Waals surface area contributed by atoms with Crippen molar-refractivity contribution in [2.75, 3.05) is 0 Å². The topological polar surface area (TPSA) is 98.1 Å². The number of halogens is 2. The average molecular weight is 469 g/mol. The van der Waals surface area contributed by atoms with Gasteiger partial charge in [-0.05, 0) is 29.3 Å². The summed E-state index contributed by atoms with van der Waals surface area (Å²) in [6, 6.07) is 16.4. The average Bonchev–Trinajstić information content (AvgIpc) is 3.14. The highest BCUT2D eigenvalue weighted by Gasteiger charge is 2.49. The molecule has 1 unspecified atom stereocenters. The van der Waals surface area contributed by atoms with Gasteiger partial charge < -0.3 is 14.6 Å². The van der Waals surface area contributed by atoms with Gasteiger partial charge in [-0.25, -0.2) is 14.6 Å². The zero-order valence-corrected chi connectivity index (χ0v) is 17.7. The minimum atomic E-state index is -2.14. The second-order valence-corrected chi connectivity index (χ2v) is 7.68. The SMILES string of the molecule is O=C1OC(C(Cl)(C(=O)O)c2ccccc2)=NC1=Cc1cccc(Oc2cncc(Cl)c2)c1. The lowest BCUT2D eigenvalue weighted by Crippen LogP contribution is -2.39. The summed E-state index contributed by atoms with van der Waals surface area (Å²) in [7, 11) is 0. The van der Waals surface area contributed by atoms with Crippen molar-refractivity contribution in [3.63, 3.8) is 0 Å². The quantitative estimate of drug-likeness (QED) is 0.309.